The van der Waals surface area contributed by atoms with Gasteiger partial charge in [0.1, 0.15) is 5.76 Å². The summed E-state index contributed by atoms with van der Waals surface area (Å²) in [4.78, 5) is 0. The summed E-state index contributed by atoms with van der Waals surface area (Å²) in [6.45, 7) is 0. The molecule has 0 saturated carbocycles. The van der Waals surface area contributed by atoms with E-state index in [-0.39, 0.29) is 18.6 Å². The van der Waals surface area contributed by atoms with Gasteiger partial charge in [-0.05, 0) is 12.5 Å². The highest BCUT2D eigenvalue weighted by molar-refractivity contribution is 5.23. The van der Waals surface area contributed by atoms with Gasteiger partial charge < -0.3 is 9.52 Å². The molecule has 0 spiro atoms. The predicted octanol–water partition coefficient (Wildman–Crippen LogP) is 2.44. The number of aliphatic hydroxyl groups excluding tert-OH is 1. The van der Waals surface area contributed by atoms with Crippen molar-refractivity contribution < 1.29 is 22.7 Å². The number of hydrogen-bond donors (Lipinski definition) is 1. The zero-order chi connectivity index (χ0) is 10.3. The van der Waals surface area contributed by atoms with Gasteiger partial charge in [0.2, 0.25) is 0 Å². The van der Waals surface area contributed by atoms with Crippen molar-refractivity contribution in [3.8, 4) is 0 Å². The Morgan fingerprint density at radius 1 is 1.43 bits per heavy atom. The van der Waals surface area contributed by atoms with Crippen LogP contribution >= 0.6 is 0 Å². The summed E-state index contributed by atoms with van der Waals surface area (Å²) in [5.41, 5.74) is 0.491. The van der Waals surface area contributed by atoms with E-state index in [0.717, 1.165) is 0 Å². The van der Waals surface area contributed by atoms with Crippen molar-refractivity contribution in [1.29, 1.82) is 0 Å². The van der Waals surface area contributed by atoms with Crippen LogP contribution in [-0.2, 0) is 6.42 Å². The maximum atomic E-state index is 12.4. The van der Waals surface area contributed by atoms with Crippen LogP contribution in [0.1, 0.15) is 23.8 Å². The molecule has 2 rings (SSSR count). The molecule has 14 heavy (non-hydrogen) atoms. The fourth-order valence-electron chi connectivity index (χ4n) is 1.77. The van der Waals surface area contributed by atoms with Gasteiger partial charge in [-0.2, -0.15) is 13.2 Å². The topological polar surface area (TPSA) is 33.4 Å². The van der Waals surface area contributed by atoms with Crippen molar-refractivity contribution in [2.45, 2.75) is 25.1 Å². The zero-order valence-corrected chi connectivity index (χ0v) is 7.21. The Kier molecular flexibility index (Phi) is 2.06. The van der Waals surface area contributed by atoms with E-state index in [1.165, 1.54) is 12.3 Å². The van der Waals surface area contributed by atoms with Gasteiger partial charge in [-0.25, -0.2) is 0 Å². The fraction of sp³-hybridized carbons (Fsp3) is 0.556. The molecule has 2 nitrogen and oxygen atoms in total. The Morgan fingerprint density at radius 3 is 2.79 bits per heavy atom. The van der Waals surface area contributed by atoms with Crippen LogP contribution in [0.25, 0.3) is 0 Å². The molecular weight excluding hydrogens is 197 g/mol. The van der Waals surface area contributed by atoms with E-state index in [4.69, 9.17) is 4.42 Å². The summed E-state index contributed by atoms with van der Waals surface area (Å²) in [6.07, 6.45) is -4.43. The monoisotopic (exact) mass is 206 g/mol. The van der Waals surface area contributed by atoms with Gasteiger partial charge in [-0.1, -0.05) is 0 Å². The molecule has 5 heteroatoms. The van der Waals surface area contributed by atoms with E-state index >= 15 is 0 Å². The number of halogens is 3. The number of hydrogen-bond acceptors (Lipinski definition) is 2. The molecule has 0 saturated heterocycles. The predicted molar refractivity (Wildman–Crippen MR) is 41.5 cm³/mol. The number of alkyl halides is 3. The number of rotatable bonds is 0. The highest BCUT2D eigenvalue weighted by atomic mass is 19.4. The summed E-state index contributed by atoms with van der Waals surface area (Å²) in [5, 5.41) is 9.42. The second kappa shape index (κ2) is 3.02. The van der Waals surface area contributed by atoms with E-state index in [9.17, 15) is 18.3 Å². The van der Waals surface area contributed by atoms with Gasteiger partial charge >= 0.3 is 6.18 Å². The lowest BCUT2D eigenvalue weighted by Gasteiger charge is -2.26. The third-order valence-electron chi connectivity index (χ3n) is 2.54. The van der Waals surface area contributed by atoms with Gasteiger partial charge in [0.05, 0.1) is 18.3 Å². The smallest absolute Gasteiger partial charge is 0.392 e. The van der Waals surface area contributed by atoms with Gasteiger partial charge in [-0.15, -0.1) is 0 Å². The van der Waals surface area contributed by atoms with Crippen molar-refractivity contribution in [2.24, 2.45) is 5.92 Å². The summed E-state index contributed by atoms with van der Waals surface area (Å²) in [5.74, 6) is -1.23. The SMILES string of the molecule is O[C@H]1C[C@H](C(F)(F)F)Cc2occc21. The second-order valence-electron chi connectivity index (χ2n) is 3.49. The highest BCUT2D eigenvalue weighted by Gasteiger charge is 2.44. The lowest BCUT2D eigenvalue weighted by molar-refractivity contribution is -0.185. The molecular formula is C9H9F3O2. The largest absolute Gasteiger partial charge is 0.469 e. The molecule has 0 aliphatic heterocycles. The van der Waals surface area contributed by atoms with E-state index < -0.39 is 18.2 Å². The first-order chi connectivity index (χ1) is 6.48. The van der Waals surface area contributed by atoms with Crippen molar-refractivity contribution in [3.05, 3.63) is 23.7 Å². The molecule has 0 aromatic carbocycles. The van der Waals surface area contributed by atoms with Crippen LogP contribution in [0, 0.1) is 5.92 Å². The van der Waals surface area contributed by atoms with Crippen molar-refractivity contribution >= 4 is 0 Å². The molecule has 0 radical (unpaired) electrons. The van der Waals surface area contributed by atoms with E-state index in [1.54, 1.807) is 0 Å². The van der Waals surface area contributed by atoms with Crippen LogP contribution in [-0.4, -0.2) is 11.3 Å². The molecule has 2 atom stereocenters. The number of aliphatic hydroxyl groups is 1. The summed E-state index contributed by atoms with van der Waals surface area (Å²) in [7, 11) is 0. The maximum absolute atomic E-state index is 12.4. The third kappa shape index (κ3) is 1.52. The molecule has 0 amide bonds. The maximum Gasteiger partial charge on any atom is 0.392 e. The third-order valence-corrected chi connectivity index (χ3v) is 2.54. The minimum atomic E-state index is -4.26. The highest BCUT2D eigenvalue weighted by Crippen LogP contribution is 2.41. The number of furan rings is 1. The first-order valence-electron chi connectivity index (χ1n) is 4.29. The van der Waals surface area contributed by atoms with Gasteiger partial charge in [0.25, 0.3) is 0 Å². The standard InChI is InChI=1S/C9H9F3O2/c10-9(11,12)5-3-7(13)6-1-2-14-8(6)4-5/h1-2,5,7,13H,3-4H2/t5-,7-/m0/s1. The van der Waals surface area contributed by atoms with Crippen molar-refractivity contribution in [2.75, 3.05) is 0 Å². The van der Waals surface area contributed by atoms with Crippen LogP contribution in [0.3, 0.4) is 0 Å². The first-order valence-corrected chi connectivity index (χ1v) is 4.29. The zero-order valence-electron chi connectivity index (χ0n) is 7.21. The molecule has 78 valence electrons. The van der Waals surface area contributed by atoms with Gasteiger partial charge in [-0.3, -0.25) is 0 Å². The van der Waals surface area contributed by atoms with Gasteiger partial charge in [0.15, 0.2) is 0 Å². The second-order valence-corrected chi connectivity index (χ2v) is 3.49. The first kappa shape index (κ1) is 9.58. The number of fused-ring (bicyclic) bond motifs is 1. The Labute approximate surface area is 78.3 Å². The molecule has 1 aromatic rings. The normalized spacial score (nSPS) is 27.4. The molecule has 0 fully saturated rings. The van der Waals surface area contributed by atoms with Crippen LogP contribution in [0.15, 0.2) is 16.7 Å². The summed E-state index contributed by atoms with van der Waals surface area (Å²) < 4.78 is 42.0. The van der Waals surface area contributed by atoms with E-state index in [0.29, 0.717) is 5.56 Å². The molecule has 0 unspecified atom stereocenters. The molecule has 1 N–H and O–H groups in total. The van der Waals surface area contributed by atoms with Crippen LogP contribution in [0.5, 0.6) is 0 Å². The fourth-order valence-corrected chi connectivity index (χ4v) is 1.77. The lowest BCUT2D eigenvalue weighted by Crippen LogP contribution is -2.30. The van der Waals surface area contributed by atoms with Crippen LogP contribution in [0.4, 0.5) is 13.2 Å². The molecule has 1 heterocycles. The summed E-state index contributed by atoms with van der Waals surface area (Å²) >= 11 is 0. The minimum Gasteiger partial charge on any atom is -0.469 e. The van der Waals surface area contributed by atoms with Crippen LogP contribution < -0.4 is 0 Å². The summed E-state index contributed by atoms with van der Waals surface area (Å²) in [6, 6.07) is 1.52. The molecule has 1 aromatic heterocycles. The van der Waals surface area contributed by atoms with Crippen molar-refractivity contribution in [3.63, 3.8) is 0 Å². The Hall–Kier alpha value is -0.970. The molecule has 1 aliphatic carbocycles. The lowest BCUT2D eigenvalue weighted by atomic mass is 9.86. The quantitative estimate of drug-likeness (QED) is 0.707. The average Bonchev–Trinajstić information content (AvgIpc) is 2.50. The molecule has 1 aliphatic rings. The van der Waals surface area contributed by atoms with E-state index in [2.05, 4.69) is 0 Å². The minimum absolute atomic E-state index is 0.164. The van der Waals surface area contributed by atoms with Gasteiger partial charge in [0, 0.05) is 12.0 Å². The van der Waals surface area contributed by atoms with Crippen LogP contribution in [0.2, 0.25) is 0 Å². The molecule has 0 bridgehead atoms. The average molecular weight is 206 g/mol. The Morgan fingerprint density at radius 2 is 2.14 bits per heavy atom. The Balaban J connectivity index is 2.26. The Bertz CT molecular complexity index is 329. The van der Waals surface area contributed by atoms with E-state index in [1.807, 2.05) is 0 Å². The van der Waals surface area contributed by atoms with Crippen molar-refractivity contribution in [1.82, 2.24) is 0 Å².